The zero-order valence-electron chi connectivity index (χ0n) is 16.8. The molecule has 2 aliphatic rings. The van der Waals surface area contributed by atoms with E-state index in [2.05, 4.69) is 10.4 Å². The topological polar surface area (TPSA) is 67.2 Å². The standard InChI is InChI=1S/C24H24N4O2/c29-22-13-6-14-27(22)16-17-7-4-8-18(15-17)25-24(30)23-20-11-5-12-21(20)28(26-23)19-9-2-1-3-10-19/h1-4,7-10,15H,5-6,11-14,16H2,(H,25,30). The number of rotatable bonds is 5. The SMILES string of the molecule is O=C(Nc1cccc(CN2CCCC2=O)c1)c1nn(-c2ccccc2)c2c1CCC2. The van der Waals surface area contributed by atoms with Gasteiger partial charge in [0.05, 0.1) is 5.69 Å². The van der Waals surface area contributed by atoms with Crippen LogP contribution in [0.25, 0.3) is 5.69 Å². The average Bonchev–Trinajstić information content (AvgIpc) is 3.46. The Balaban J connectivity index is 1.37. The number of likely N-dealkylation sites (tertiary alicyclic amines) is 1. The summed E-state index contributed by atoms with van der Waals surface area (Å²) in [5.74, 6) is 0.0173. The van der Waals surface area contributed by atoms with E-state index in [1.165, 1.54) is 0 Å². The summed E-state index contributed by atoms with van der Waals surface area (Å²) in [4.78, 5) is 26.8. The molecule has 0 atom stereocenters. The predicted octanol–water partition coefficient (Wildman–Crippen LogP) is 3.74. The van der Waals surface area contributed by atoms with Crippen LogP contribution in [0, 0.1) is 0 Å². The number of nitrogens with one attached hydrogen (secondary N) is 1. The highest BCUT2D eigenvalue weighted by Gasteiger charge is 2.27. The number of aromatic nitrogens is 2. The smallest absolute Gasteiger partial charge is 0.276 e. The summed E-state index contributed by atoms with van der Waals surface area (Å²) in [7, 11) is 0. The predicted molar refractivity (Wildman–Crippen MR) is 115 cm³/mol. The van der Waals surface area contributed by atoms with Crippen molar-refractivity contribution in [3.8, 4) is 5.69 Å². The molecule has 6 nitrogen and oxygen atoms in total. The first-order valence-electron chi connectivity index (χ1n) is 10.5. The average molecular weight is 400 g/mol. The summed E-state index contributed by atoms with van der Waals surface area (Å²) in [6.45, 7) is 1.39. The summed E-state index contributed by atoms with van der Waals surface area (Å²) in [6, 6.07) is 17.7. The van der Waals surface area contributed by atoms with E-state index in [0.29, 0.717) is 18.7 Å². The highest BCUT2D eigenvalue weighted by atomic mass is 16.2. The highest BCUT2D eigenvalue weighted by molar-refractivity contribution is 6.04. The number of amides is 2. The molecule has 0 unspecified atom stereocenters. The maximum absolute atomic E-state index is 13.1. The van der Waals surface area contributed by atoms with E-state index >= 15 is 0 Å². The van der Waals surface area contributed by atoms with Gasteiger partial charge >= 0.3 is 0 Å². The Morgan fingerprint density at radius 2 is 1.87 bits per heavy atom. The molecule has 1 N–H and O–H groups in total. The van der Waals surface area contributed by atoms with E-state index in [9.17, 15) is 9.59 Å². The number of carbonyl (C=O) groups excluding carboxylic acids is 2. The molecule has 1 aliphatic carbocycles. The van der Waals surface area contributed by atoms with Gasteiger partial charge in [0.15, 0.2) is 5.69 Å². The number of benzene rings is 2. The van der Waals surface area contributed by atoms with Crippen LogP contribution in [0.15, 0.2) is 54.6 Å². The summed E-state index contributed by atoms with van der Waals surface area (Å²) >= 11 is 0. The minimum atomic E-state index is -0.183. The molecule has 0 bridgehead atoms. The van der Waals surface area contributed by atoms with Gasteiger partial charge in [-0.1, -0.05) is 30.3 Å². The molecule has 3 aromatic rings. The quantitative estimate of drug-likeness (QED) is 0.710. The van der Waals surface area contributed by atoms with Crippen LogP contribution < -0.4 is 5.32 Å². The van der Waals surface area contributed by atoms with Gasteiger partial charge in [0.1, 0.15) is 0 Å². The third kappa shape index (κ3) is 3.49. The van der Waals surface area contributed by atoms with E-state index in [1.54, 1.807) is 0 Å². The number of anilines is 1. The number of hydrogen-bond donors (Lipinski definition) is 1. The van der Waals surface area contributed by atoms with Crippen molar-refractivity contribution in [2.24, 2.45) is 0 Å². The van der Waals surface area contributed by atoms with Crippen molar-refractivity contribution in [2.45, 2.75) is 38.6 Å². The molecule has 5 rings (SSSR count). The van der Waals surface area contributed by atoms with Crippen molar-refractivity contribution < 1.29 is 9.59 Å². The maximum Gasteiger partial charge on any atom is 0.276 e. The molecule has 2 heterocycles. The van der Waals surface area contributed by atoms with E-state index in [1.807, 2.05) is 64.2 Å². The van der Waals surface area contributed by atoms with E-state index < -0.39 is 0 Å². The van der Waals surface area contributed by atoms with Gasteiger partial charge in [0.25, 0.3) is 5.91 Å². The molecular formula is C24H24N4O2. The van der Waals surface area contributed by atoms with Crippen LogP contribution in [-0.2, 0) is 24.2 Å². The summed E-state index contributed by atoms with van der Waals surface area (Å²) in [5.41, 5.74) is 5.41. The van der Waals surface area contributed by atoms with E-state index in [-0.39, 0.29) is 11.8 Å². The van der Waals surface area contributed by atoms with Crippen LogP contribution in [0.5, 0.6) is 0 Å². The summed E-state index contributed by atoms with van der Waals surface area (Å²) < 4.78 is 1.91. The van der Waals surface area contributed by atoms with Gasteiger partial charge < -0.3 is 10.2 Å². The van der Waals surface area contributed by atoms with Gasteiger partial charge in [0.2, 0.25) is 5.91 Å². The van der Waals surface area contributed by atoms with Gasteiger partial charge in [-0.15, -0.1) is 0 Å². The number of nitrogens with zero attached hydrogens (tertiary/aromatic N) is 3. The van der Waals surface area contributed by atoms with Crippen LogP contribution in [-0.4, -0.2) is 33.0 Å². The second kappa shape index (κ2) is 7.78. The molecule has 1 saturated heterocycles. The van der Waals surface area contributed by atoms with Crippen molar-refractivity contribution in [1.82, 2.24) is 14.7 Å². The number of para-hydroxylation sites is 1. The molecule has 6 heteroatoms. The van der Waals surface area contributed by atoms with E-state index in [4.69, 9.17) is 0 Å². The molecule has 2 amide bonds. The van der Waals surface area contributed by atoms with Crippen LogP contribution in [0.2, 0.25) is 0 Å². The Kier molecular flexibility index (Phi) is 4.83. The lowest BCUT2D eigenvalue weighted by molar-refractivity contribution is -0.128. The van der Waals surface area contributed by atoms with Gasteiger partial charge in [-0.2, -0.15) is 5.10 Å². The lowest BCUT2D eigenvalue weighted by atomic mass is 10.1. The molecule has 0 radical (unpaired) electrons. The normalized spacial score (nSPS) is 15.5. The molecule has 1 aliphatic heterocycles. The first-order valence-corrected chi connectivity index (χ1v) is 10.5. The zero-order valence-corrected chi connectivity index (χ0v) is 16.8. The van der Waals surface area contributed by atoms with Gasteiger partial charge in [-0.3, -0.25) is 9.59 Å². The lowest BCUT2D eigenvalue weighted by Crippen LogP contribution is -2.23. The lowest BCUT2D eigenvalue weighted by Gasteiger charge is -2.16. The second-order valence-electron chi connectivity index (χ2n) is 7.95. The fourth-order valence-corrected chi connectivity index (χ4v) is 4.43. The van der Waals surface area contributed by atoms with Crippen molar-refractivity contribution in [2.75, 3.05) is 11.9 Å². The Labute approximate surface area is 175 Å². The third-order valence-corrected chi connectivity index (χ3v) is 5.88. The summed E-state index contributed by atoms with van der Waals surface area (Å²) in [5, 5.41) is 7.68. The van der Waals surface area contributed by atoms with Gasteiger partial charge in [-0.25, -0.2) is 4.68 Å². The molecule has 2 aromatic carbocycles. The van der Waals surface area contributed by atoms with Crippen LogP contribution in [0.4, 0.5) is 5.69 Å². The Morgan fingerprint density at radius 3 is 2.67 bits per heavy atom. The van der Waals surface area contributed by atoms with E-state index in [0.717, 1.165) is 60.4 Å². The first-order chi connectivity index (χ1) is 14.7. The van der Waals surface area contributed by atoms with Crippen LogP contribution in [0.3, 0.4) is 0 Å². The zero-order chi connectivity index (χ0) is 20.5. The molecule has 0 spiro atoms. The fraction of sp³-hybridized carbons (Fsp3) is 0.292. The van der Waals surface area contributed by atoms with Gasteiger partial charge in [-0.05, 0) is 55.5 Å². The van der Waals surface area contributed by atoms with Crippen LogP contribution in [0.1, 0.15) is 46.6 Å². The Hall–Kier alpha value is -3.41. The molecule has 1 fully saturated rings. The number of hydrogen-bond acceptors (Lipinski definition) is 3. The highest BCUT2D eigenvalue weighted by Crippen LogP contribution is 2.28. The largest absolute Gasteiger partial charge is 0.338 e. The number of fused-ring (bicyclic) bond motifs is 1. The Bertz CT molecular complexity index is 1100. The summed E-state index contributed by atoms with van der Waals surface area (Å²) in [6.07, 6.45) is 4.40. The molecule has 1 aromatic heterocycles. The molecule has 30 heavy (non-hydrogen) atoms. The minimum Gasteiger partial charge on any atom is -0.338 e. The Morgan fingerprint density at radius 1 is 1.00 bits per heavy atom. The minimum absolute atomic E-state index is 0.183. The maximum atomic E-state index is 13.1. The van der Waals surface area contributed by atoms with Crippen molar-refractivity contribution in [1.29, 1.82) is 0 Å². The molecule has 0 saturated carbocycles. The van der Waals surface area contributed by atoms with Crippen LogP contribution >= 0.6 is 0 Å². The molecule has 152 valence electrons. The first kappa shape index (κ1) is 18.6. The third-order valence-electron chi connectivity index (χ3n) is 5.88. The fourth-order valence-electron chi connectivity index (χ4n) is 4.43. The number of carbonyl (C=O) groups is 2. The molecular weight excluding hydrogens is 376 g/mol. The second-order valence-corrected chi connectivity index (χ2v) is 7.95. The van der Waals surface area contributed by atoms with Gasteiger partial charge in [0, 0.05) is 36.5 Å². The van der Waals surface area contributed by atoms with Crippen molar-refractivity contribution >= 4 is 17.5 Å². The van der Waals surface area contributed by atoms with Crippen molar-refractivity contribution in [3.05, 3.63) is 77.1 Å². The monoisotopic (exact) mass is 400 g/mol. The van der Waals surface area contributed by atoms with Crippen molar-refractivity contribution in [3.63, 3.8) is 0 Å².